The van der Waals surface area contributed by atoms with Crippen LogP contribution in [0.1, 0.15) is 13.3 Å². The number of benzene rings is 1. The van der Waals surface area contributed by atoms with Gasteiger partial charge in [-0.15, -0.1) is 0 Å². The molecule has 15 heavy (non-hydrogen) atoms. The number of anilines is 1. The summed E-state index contributed by atoms with van der Waals surface area (Å²) in [6.07, 6.45) is 0.810. The highest BCUT2D eigenvalue weighted by molar-refractivity contribution is 5.45. The third-order valence-corrected chi connectivity index (χ3v) is 2.15. The molecular weight excluding hydrogens is 200 g/mol. The molecule has 0 aliphatic carbocycles. The second-order valence-electron chi connectivity index (χ2n) is 3.33. The normalized spacial score (nSPS) is 12.5. The first-order valence-electron chi connectivity index (χ1n) is 4.88. The van der Waals surface area contributed by atoms with E-state index < -0.39 is 11.6 Å². The van der Waals surface area contributed by atoms with Gasteiger partial charge in [0.05, 0.1) is 12.3 Å². The molecule has 84 valence electrons. The molecule has 2 nitrogen and oxygen atoms in total. The maximum Gasteiger partial charge on any atom is 0.149 e. The van der Waals surface area contributed by atoms with Crippen molar-refractivity contribution in [1.82, 2.24) is 0 Å². The summed E-state index contributed by atoms with van der Waals surface area (Å²) in [7, 11) is 1.59. The summed E-state index contributed by atoms with van der Waals surface area (Å²) >= 11 is 0. The van der Waals surface area contributed by atoms with Crippen molar-refractivity contribution >= 4 is 5.69 Å². The topological polar surface area (TPSA) is 21.3 Å². The lowest BCUT2D eigenvalue weighted by Gasteiger charge is -2.17. The highest BCUT2D eigenvalue weighted by Gasteiger charge is 2.09. The first-order chi connectivity index (χ1) is 7.17. The quantitative estimate of drug-likeness (QED) is 0.815. The summed E-state index contributed by atoms with van der Waals surface area (Å²) in [5, 5.41) is 2.96. The van der Waals surface area contributed by atoms with Crippen molar-refractivity contribution in [3.05, 3.63) is 29.8 Å². The lowest BCUT2D eigenvalue weighted by atomic mass is 10.2. The third-order valence-electron chi connectivity index (χ3n) is 2.15. The van der Waals surface area contributed by atoms with Gasteiger partial charge in [-0.2, -0.15) is 0 Å². The Morgan fingerprint density at radius 2 is 2.13 bits per heavy atom. The van der Waals surface area contributed by atoms with Crippen molar-refractivity contribution in [2.24, 2.45) is 0 Å². The molecule has 0 bridgehead atoms. The van der Waals surface area contributed by atoms with Crippen molar-refractivity contribution in [2.75, 3.05) is 19.0 Å². The molecule has 0 aliphatic rings. The van der Waals surface area contributed by atoms with Crippen LogP contribution in [0.5, 0.6) is 0 Å². The van der Waals surface area contributed by atoms with Gasteiger partial charge in [0.2, 0.25) is 0 Å². The Kier molecular flexibility index (Phi) is 4.49. The van der Waals surface area contributed by atoms with E-state index in [9.17, 15) is 8.78 Å². The summed E-state index contributed by atoms with van der Waals surface area (Å²) in [4.78, 5) is 0. The van der Waals surface area contributed by atoms with Crippen LogP contribution in [0, 0.1) is 11.6 Å². The van der Waals surface area contributed by atoms with Gasteiger partial charge in [-0.3, -0.25) is 0 Å². The predicted octanol–water partition coefficient (Wildman–Crippen LogP) is 2.80. The number of methoxy groups -OCH3 is 1. The molecule has 1 unspecified atom stereocenters. The SMILES string of the molecule is CCC(COC)Nc1ccc(F)cc1F. The standard InChI is InChI=1S/C11H15F2NO/c1-3-9(7-15-2)14-11-5-4-8(12)6-10(11)13/h4-6,9,14H,3,7H2,1-2H3. The molecule has 1 N–H and O–H groups in total. The summed E-state index contributed by atoms with van der Waals surface area (Å²) < 4.78 is 30.8. The van der Waals surface area contributed by atoms with Gasteiger partial charge in [-0.05, 0) is 18.6 Å². The van der Waals surface area contributed by atoms with E-state index in [1.165, 1.54) is 12.1 Å². The van der Waals surface area contributed by atoms with Crippen LogP contribution in [-0.2, 0) is 4.74 Å². The number of hydrogen-bond donors (Lipinski definition) is 1. The van der Waals surface area contributed by atoms with E-state index in [4.69, 9.17) is 4.74 Å². The van der Waals surface area contributed by atoms with Crippen LogP contribution < -0.4 is 5.32 Å². The van der Waals surface area contributed by atoms with Crippen LogP contribution >= 0.6 is 0 Å². The highest BCUT2D eigenvalue weighted by Crippen LogP contribution is 2.16. The van der Waals surface area contributed by atoms with Gasteiger partial charge in [-0.25, -0.2) is 8.78 Å². The van der Waals surface area contributed by atoms with Gasteiger partial charge in [-0.1, -0.05) is 6.92 Å². The van der Waals surface area contributed by atoms with E-state index in [0.717, 1.165) is 12.5 Å². The molecule has 0 aliphatic heterocycles. The fourth-order valence-electron chi connectivity index (χ4n) is 1.29. The fourth-order valence-corrected chi connectivity index (χ4v) is 1.29. The second-order valence-corrected chi connectivity index (χ2v) is 3.33. The van der Waals surface area contributed by atoms with Crippen LogP contribution in [-0.4, -0.2) is 19.8 Å². The van der Waals surface area contributed by atoms with Gasteiger partial charge in [0.1, 0.15) is 11.6 Å². The lowest BCUT2D eigenvalue weighted by molar-refractivity contribution is 0.184. The van der Waals surface area contributed by atoms with E-state index >= 15 is 0 Å². The minimum absolute atomic E-state index is 0.0370. The van der Waals surface area contributed by atoms with Crippen LogP contribution in [0.2, 0.25) is 0 Å². The Morgan fingerprint density at radius 3 is 2.67 bits per heavy atom. The molecule has 0 amide bonds. The Bertz CT molecular complexity index is 317. The number of halogens is 2. The molecule has 0 fully saturated rings. The Hall–Kier alpha value is -1.16. The Balaban J connectivity index is 2.70. The second kappa shape index (κ2) is 5.66. The zero-order valence-electron chi connectivity index (χ0n) is 8.89. The van der Waals surface area contributed by atoms with E-state index in [-0.39, 0.29) is 6.04 Å². The van der Waals surface area contributed by atoms with Crippen molar-refractivity contribution in [3.63, 3.8) is 0 Å². The highest BCUT2D eigenvalue weighted by atomic mass is 19.1. The van der Waals surface area contributed by atoms with Crippen molar-refractivity contribution in [1.29, 1.82) is 0 Å². The molecule has 0 radical (unpaired) electrons. The van der Waals surface area contributed by atoms with E-state index in [2.05, 4.69) is 5.32 Å². The number of hydrogen-bond acceptors (Lipinski definition) is 2. The average Bonchev–Trinajstić information content (AvgIpc) is 2.21. The van der Waals surface area contributed by atoms with E-state index in [1.807, 2.05) is 6.92 Å². The summed E-state index contributed by atoms with van der Waals surface area (Å²) in [5.41, 5.74) is 0.306. The van der Waals surface area contributed by atoms with Crippen molar-refractivity contribution < 1.29 is 13.5 Å². The minimum atomic E-state index is -0.579. The molecule has 0 aromatic heterocycles. The fraction of sp³-hybridized carbons (Fsp3) is 0.455. The average molecular weight is 215 g/mol. The lowest BCUT2D eigenvalue weighted by Crippen LogP contribution is -2.24. The molecule has 1 aromatic carbocycles. The molecule has 1 atom stereocenters. The van der Waals surface area contributed by atoms with E-state index in [1.54, 1.807) is 7.11 Å². The molecule has 0 saturated carbocycles. The molecule has 4 heteroatoms. The third kappa shape index (κ3) is 3.47. The zero-order chi connectivity index (χ0) is 11.3. The molecule has 1 rings (SSSR count). The van der Waals surface area contributed by atoms with Crippen LogP contribution in [0.15, 0.2) is 18.2 Å². The van der Waals surface area contributed by atoms with Crippen LogP contribution in [0.4, 0.5) is 14.5 Å². The molecule has 0 saturated heterocycles. The maximum atomic E-state index is 13.2. The Morgan fingerprint density at radius 1 is 1.40 bits per heavy atom. The van der Waals surface area contributed by atoms with E-state index in [0.29, 0.717) is 12.3 Å². The largest absolute Gasteiger partial charge is 0.383 e. The summed E-state index contributed by atoms with van der Waals surface area (Å²) in [5.74, 6) is -1.15. The molecule has 1 aromatic rings. The Labute approximate surface area is 88.3 Å². The summed E-state index contributed by atoms with van der Waals surface area (Å²) in [6, 6.07) is 3.52. The van der Waals surface area contributed by atoms with Crippen LogP contribution in [0.3, 0.4) is 0 Å². The number of rotatable bonds is 5. The number of ether oxygens (including phenoxy) is 1. The molecular formula is C11H15F2NO. The molecule has 0 heterocycles. The number of nitrogens with one attached hydrogen (secondary N) is 1. The van der Waals surface area contributed by atoms with Crippen molar-refractivity contribution in [2.45, 2.75) is 19.4 Å². The van der Waals surface area contributed by atoms with Crippen molar-refractivity contribution in [3.8, 4) is 0 Å². The van der Waals surface area contributed by atoms with Gasteiger partial charge >= 0.3 is 0 Å². The van der Waals surface area contributed by atoms with Gasteiger partial charge in [0, 0.05) is 19.2 Å². The van der Waals surface area contributed by atoms with Crippen LogP contribution in [0.25, 0.3) is 0 Å². The van der Waals surface area contributed by atoms with Gasteiger partial charge in [0.25, 0.3) is 0 Å². The van der Waals surface area contributed by atoms with Gasteiger partial charge in [0.15, 0.2) is 0 Å². The maximum absolute atomic E-state index is 13.2. The monoisotopic (exact) mass is 215 g/mol. The first kappa shape index (κ1) is 11.9. The predicted molar refractivity (Wildman–Crippen MR) is 55.9 cm³/mol. The summed E-state index contributed by atoms with van der Waals surface area (Å²) in [6.45, 7) is 2.46. The minimum Gasteiger partial charge on any atom is -0.383 e. The molecule has 0 spiro atoms. The first-order valence-corrected chi connectivity index (χ1v) is 4.88. The zero-order valence-corrected chi connectivity index (χ0v) is 8.89. The smallest absolute Gasteiger partial charge is 0.149 e. The van der Waals surface area contributed by atoms with Gasteiger partial charge < -0.3 is 10.1 Å².